The van der Waals surface area contributed by atoms with Crippen LogP contribution in [0.3, 0.4) is 0 Å². The van der Waals surface area contributed by atoms with E-state index in [-0.39, 0.29) is 18.6 Å². The molecule has 0 radical (unpaired) electrons. The minimum Gasteiger partial charge on any atom is -0.367 e. The fourth-order valence-corrected chi connectivity index (χ4v) is 2.78. The highest BCUT2D eigenvalue weighted by molar-refractivity contribution is 5.78. The van der Waals surface area contributed by atoms with Crippen molar-refractivity contribution in [1.29, 1.82) is 0 Å². The molecule has 0 aromatic carbocycles. The Morgan fingerprint density at radius 2 is 1.55 bits per heavy atom. The van der Waals surface area contributed by atoms with E-state index in [1.54, 1.807) is 0 Å². The third kappa shape index (κ3) is 7.88. The van der Waals surface area contributed by atoms with E-state index in [1.807, 2.05) is 11.8 Å². The number of ether oxygens (including phenoxy) is 1. The van der Waals surface area contributed by atoms with Crippen LogP contribution in [0.25, 0.3) is 0 Å². The van der Waals surface area contributed by atoms with E-state index >= 15 is 0 Å². The largest absolute Gasteiger partial charge is 0.367 e. The molecule has 1 aliphatic heterocycles. The molecule has 118 valence electrons. The predicted octanol–water partition coefficient (Wildman–Crippen LogP) is 4.15. The van der Waals surface area contributed by atoms with Crippen molar-refractivity contribution in [2.24, 2.45) is 0 Å². The molecule has 1 aliphatic rings. The average molecular weight is 283 g/mol. The standard InChI is InChI=1S/C17H33NO2/c1-3-4-5-6-7-8-9-10-11-12-13-18-14-16(2)20-15-17(18)19/h16H,3-15H2,1-2H3. The van der Waals surface area contributed by atoms with Crippen molar-refractivity contribution < 1.29 is 9.53 Å². The topological polar surface area (TPSA) is 29.5 Å². The van der Waals surface area contributed by atoms with Crippen LogP contribution in [0, 0.1) is 0 Å². The molecular formula is C17H33NO2. The maximum absolute atomic E-state index is 11.6. The Balaban J connectivity index is 1.88. The van der Waals surface area contributed by atoms with E-state index in [1.165, 1.54) is 57.8 Å². The van der Waals surface area contributed by atoms with Crippen LogP contribution in [0.1, 0.15) is 78.1 Å². The zero-order valence-corrected chi connectivity index (χ0v) is 13.5. The first-order valence-corrected chi connectivity index (χ1v) is 8.63. The molecule has 1 rings (SSSR count). The highest BCUT2D eigenvalue weighted by atomic mass is 16.5. The Kier molecular flexibility index (Phi) is 9.73. The number of unbranched alkanes of at least 4 members (excludes halogenated alkanes) is 9. The van der Waals surface area contributed by atoms with Gasteiger partial charge in [-0.2, -0.15) is 0 Å². The van der Waals surface area contributed by atoms with Crippen LogP contribution in [-0.2, 0) is 9.53 Å². The SMILES string of the molecule is CCCCCCCCCCCCN1CC(C)OCC1=O. The van der Waals surface area contributed by atoms with Gasteiger partial charge in [0.25, 0.3) is 0 Å². The quantitative estimate of drug-likeness (QED) is 0.533. The number of carbonyl (C=O) groups excluding carboxylic acids is 1. The van der Waals surface area contributed by atoms with E-state index in [9.17, 15) is 4.79 Å². The van der Waals surface area contributed by atoms with Crippen molar-refractivity contribution >= 4 is 5.91 Å². The van der Waals surface area contributed by atoms with Gasteiger partial charge < -0.3 is 9.64 Å². The predicted molar refractivity (Wildman–Crippen MR) is 83.8 cm³/mol. The Bertz CT molecular complexity index is 255. The molecule has 0 aromatic rings. The second-order valence-electron chi connectivity index (χ2n) is 6.14. The summed E-state index contributed by atoms with van der Waals surface area (Å²) >= 11 is 0. The molecular weight excluding hydrogens is 250 g/mol. The number of nitrogens with zero attached hydrogens (tertiary/aromatic N) is 1. The van der Waals surface area contributed by atoms with Gasteiger partial charge in [0.05, 0.1) is 6.10 Å². The summed E-state index contributed by atoms with van der Waals surface area (Å²) in [6.07, 6.45) is 13.6. The smallest absolute Gasteiger partial charge is 0.248 e. The van der Waals surface area contributed by atoms with Gasteiger partial charge in [0.15, 0.2) is 0 Å². The lowest BCUT2D eigenvalue weighted by atomic mass is 10.1. The maximum atomic E-state index is 11.6. The first kappa shape index (κ1) is 17.5. The van der Waals surface area contributed by atoms with Crippen molar-refractivity contribution in [3.63, 3.8) is 0 Å². The number of hydrogen-bond acceptors (Lipinski definition) is 2. The molecule has 20 heavy (non-hydrogen) atoms. The van der Waals surface area contributed by atoms with Gasteiger partial charge >= 0.3 is 0 Å². The van der Waals surface area contributed by atoms with Crippen LogP contribution in [0.4, 0.5) is 0 Å². The van der Waals surface area contributed by atoms with Crippen molar-refractivity contribution in [2.75, 3.05) is 19.7 Å². The summed E-state index contributed by atoms with van der Waals surface area (Å²) in [6, 6.07) is 0. The summed E-state index contributed by atoms with van der Waals surface area (Å²) in [7, 11) is 0. The lowest BCUT2D eigenvalue weighted by molar-refractivity contribution is -0.147. The van der Waals surface area contributed by atoms with Gasteiger partial charge in [0.1, 0.15) is 6.61 Å². The lowest BCUT2D eigenvalue weighted by Crippen LogP contribution is -2.45. The molecule has 1 saturated heterocycles. The third-order valence-corrected chi connectivity index (χ3v) is 4.10. The number of hydrogen-bond donors (Lipinski definition) is 0. The fraction of sp³-hybridized carbons (Fsp3) is 0.941. The number of morpholine rings is 1. The molecule has 1 heterocycles. The molecule has 0 N–H and O–H groups in total. The molecule has 0 aromatic heterocycles. The van der Waals surface area contributed by atoms with Crippen LogP contribution >= 0.6 is 0 Å². The number of amides is 1. The first-order valence-electron chi connectivity index (χ1n) is 8.63. The Hall–Kier alpha value is -0.570. The van der Waals surface area contributed by atoms with Gasteiger partial charge in [-0.1, -0.05) is 64.7 Å². The van der Waals surface area contributed by atoms with E-state index in [4.69, 9.17) is 4.74 Å². The molecule has 0 spiro atoms. The van der Waals surface area contributed by atoms with Crippen LogP contribution < -0.4 is 0 Å². The monoisotopic (exact) mass is 283 g/mol. The second kappa shape index (κ2) is 11.1. The van der Waals surface area contributed by atoms with Crippen molar-refractivity contribution in [3.8, 4) is 0 Å². The molecule has 0 aliphatic carbocycles. The fourth-order valence-electron chi connectivity index (χ4n) is 2.78. The van der Waals surface area contributed by atoms with Gasteiger partial charge in [-0.05, 0) is 13.3 Å². The molecule has 0 bridgehead atoms. The van der Waals surface area contributed by atoms with Crippen LogP contribution in [0.5, 0.6) is 0 Å². The van der Waals surface area contributed by atoms with Crippen molar-refractivity contribution in [2.45, 2.75) is 84.2 Å². The second-order valence-corrected chi connectivity index (χ2v) is 6.14. The number of carbonyl (C=O) groups is 1. The highest BCUT2D eigenvalue weighted by Gasteiger charge is 2.22. The molecule has 1 fully saturated rings. The van der Waals surface area contributed by atoms with E-state index in [0.29, 0.717) is 0 Å². The molecule has 3 heteroatoms. The van der Waals surface area contributed by atoms with Crippen LogP contribution in [0.2, 0.25) is 0 Å². The minimum atomic E-state index is 0.166. The first-order chi connectivity index (χ1) is 9.74. The molecule has 3 nitrogen and oxygen atoms in total. The summed E-state index contributed by atoms with van der Waals surface area (Å²) in [5.74, 6) is 0.166. The van der Waals surface area contributed by atoms with Gasteiger partial charge in [0.2, 0.25) is 5.91 Å². The van der Waals surface area contributed by atoms with Crippen LogP contribution in [-0.4, -0.2) is 36.6 Å². The summed E-state index contributed by atoms with van der Waals surface area (Å²) < 4.78 is 5.33. The Labute approximate surface area is 125 Å². The summed E-state index contributed by atoms with van der Waals surface area (Å²) in [5, 5.41) is 0. The third-order valence-electron chi connectivity index (χ3n) is 4.10. The van der Waals surface area contributed by atoms with Gasteiger partial charge in [0, 0.05) is 13.1 Å². The Morgan fingerprint density at radius 3 is 2.15 bits per heavy atom. The average Bonchev–Trinajstić information content (AvgIpc) is 2.44. The van der Waals surface area contributed by atoms with Gasteiger partial charge in [-0.15, -0.1) is 0 Å². The van der Waals surface area contributed by atoms with E-state index < -0.39 is 0 Å². The summed E-state index contributed by atoms with van der Waals surface area (Å²) in [6.45, 7) is 6.27. The molecule has 1 unspecified atom stereocenters. The summed E-state index contributed by atoms with van der Waals surface area (Å²) in [5.41, 5.74) is 0. The maximum Gasteiger partial charge on any atom is 0.248 e. The lowest BCUT2D eigenvalue weighted by Gasteiger charge is -2.31. The Morgan fingerprint density at radius 1 is 1.00 bits per heavy atom. The zero-order valence-electron chi connectivity index (χ0n) is 13.5. The normalized spacial score (nSPS) is 19.6. The summed E-state index contributed by atoms with van der Waals surface area (Å²) in [4.78, 5) is 13.6. The molecule has 0 saturated carbocycles. The minimum absolute atomic E-state index is 0.166. The van der Waals surface area contributed by atoms with Crippen molar-refractivity contribution in [3.05, 3.63) is 0 Å². The van der Waals surface area contributed by atoms with Gasteiger partial charge in [-0.25, -0.2) is 0 Å². The van der Waals surface area contributed by atoms with E-state index in [0.717, 1.165) is 19.5 Å². The molecule has 1 atom stereocenters. The van der Waals surface area contributed by atoms with E-state index in [2.05, 4.69) is 6.92 Å². The van der Waals surface area contributed by atoms with Gasteiger partial charge in [-0.3, -0.25) is 4.79 Å². The zero-order chi connectivity index (χ0) is 14.6. The van der Waals surface area contributed by atoms with Crippen LogP contribution in [0.15, 0.2) is 0 Å². The molecule has 1 amide bonds. The highest BCUT2D eigenvalue weighted by Crippen LogP contribution is 2.12. The van der Waals surface area contributed by atoms with Crippen molar-refractivity contribution in [1.82, 2.24) is 4.90 Å². The number of rotatable bonds is 11.